The lowest BCUT2D eigenvalue weighted by molar-refractivity contribution is -0.154. The topological polar surface area (TPSA) is 92.8 Å². The Morgan fingerprint density at radius 3 is 2.60 bits per heavy atom. The summed E-state index contributed by atoms with van der Waals surface area (Å²) in [6.07, 6.45) is -1.75. The van der Waals surface area contributed by atoms with E-state index >= 15 is 0 Å². The highest BCUT2D eigenvalue weighted by Gasteiger charge is 2.39. The Morgan fingerprint density at radius 2 is 2.08 bits per heavy atom. The number of piperidine rings is 1. The number of alkyl halides is 3. The van der Waals surface area contributed by atoms with E-state index in [-0.39, 0.29) is 17.3 Å². The maximum absolute atomic E-state index is 12.5. The van der Waals surface area contributed by atoms with Crippen LogP contribution in [0.5, 0.6) is 5.88 Å². The summed E-state index contributed by atoms with van der Waals surface area (Å²) < 4.78 is 40.9. The van der Waals surface area contributed by atoms with Crippen LogP contribution in [-0.4, -0.2) is 59.7 Å². The molecule has 1 fully saturated rings. The van der Waals surface area contributed by atoms with Crippen LogP contribution < -0.4 is 15.8 Å². The summed E-state index contributed by atoms with van der Waals surface area (Å²) in [5.74, 6) is 0.0456. The smallest absolute Gasteiger partial charge is 0.422 e. The number of guanidine groups is 1. The van der Waals surface area contributed by atoms with Crippen molar-refractivity contribution in [1.82, 2.24) is 15.2 Å². The van der Waals surface area contributed by atoms with E-state index in [0.29, 0.717) is 31.2 Å². The predicted molar refractivity (Wildman–Crippen MR) is 83.3 cm³/mol. The number of hydrogen-bond acceptors (Lipinski definition) is 6. The van der Waals surface area contributed by atoms with Gasteiger partial charge in [0.05, 0.1) is 17.6 Å². The van der Waals surface area contributed by atoms with Crippen molar-refractivity contribution in [3.63, 3.8) is 0 Å². The van der Waals surface area contributed by atoms with Crippen molar-refractivity contribution in [3.8, 4) is 5.88 Å². The van der Waals surface area contributed by atoms with Gasteiger partial charge in [-0.25, -0.2) is 4.98 Å². The minimum atomic E-state index is -4.43. The molecule has 25 heavy (non-hydrogen) atoms. The number of aromatic nitrogens is 1. The molecule has 0 atom stereocenters. The standard InChI is InChI=1S/C15H18F3N5O2/c16-15(17,18)9-25-11-2-1-10(7-20-11)12(24)23-5-3-14(4-6-23)8-21-13(19)22-14/h1-2,7H,3-6,8-9H2,(H3,19,21,22). The number of halogens is 3. The Balaban J connectivity index is 1.55. The van der Waals surface area contributed by atoms with Gasteiger partial charge in [-0.05, 0) is 18.9 Å². The first-order valence-electron chi connectivity index (χ1n) is 7.79. The number of ether oxygens (including phenoxy) is 1. The normalized spacial score (nSPS) is 19.5. The predicted octanol–water partition coefficient (Wildman–Crippen LogP) is 0.915. The highest BCUT2D eigenvalue weighted by atomic mass is 19.4. The summed E-state index contributed by atoms with van der Waals surface area (Å²) in [5.41, 5.74) is 5.80. The van der Waals surface area contributed by atoms with Crippen molar-refractivity contribution in [2.24, 2.45) is 10.7 Å². The Hall–Kier alpha value is -2.52. The zero-order chi connectivity index (χ0) is 18.1. The first-order valence-corrected chi connectivity index (χ1v) is 7.79. The molecule has 1 amide bonds. The fourth-order valence-corrected chi connectivity index (χ4v) is 2.94. The molecule has 3 N–H and O–H groups in total. The van der Waals surface area contributed by atoms with Crippen LogP contribution in [0.2, 0.25) is 0 Å². The van der Waals surface area contributed by atoms with Gasteiger partial charge >= 0.3 is 6.18 Å². The molecule has 0 unspecified atom stereocenters. The molecule has 1 saturated heterocycles. The third-order valence-electron chi connectivity index (χ3n) is 4.32. The molecular formula is C15H18F3N5O2. The summed E-state index contributed by atoms with van der Waals surface area (Å²) in [5, 5.41) is 3.17. The molecule has 2 aliphatic rings. The largest absolute Gasteiger partial charge is 0.468 e. The Kier molecular flexibility index (Phi) is 4.44. The summed E-state index contributed by atoms with van der Waals surface area (Å²) in [7, 11) is 0. The first-order chi connectivity index (χ1) is 11.8. The highest BCUT2D eigenvalue weighted by molar-refractivity contribution is 5.94. The number of carbonyl (C=O) groups is 1. The second-order valence-corrected chi connectivity index (χ2v) is 6.19. The van der Waals surface area contributed by atoms with Crippen molar-refractivity contribution in [2.45, 2.75) is 24.6 Å². The second-order valence-electron chi connectivity index (χ2n) is 6.19. The van der Waals surface area contributed by atoms with Gasteiger partial charge in [-0.15, -0.1) is 0 Å². The van der Waals surface area contributed by atoms with Gasteiger partial charge in [0.2, 0.25) is 5.88 Å². The number of carbonyl (C=O) groups excluding carboxylic acids is 1. The van der Waals surface area contributed by atoms with Gasteiger partial charge in [0, 0.05) is 25.4 Å². The fourth-order valence-electron chi connectivity index (χ4n) is 2.94. The number of pyridine rings is 1. The van der Waals surface area contributed by atoms with E-state index < -0.39 is 12.8 Å². The monoisotopic (exact) mass is 357 g/mol. The van der Waals surface area contributed by atoms with Crippen LogP contribution in [0, 0.1) is 0 Å². The number of hydrogen-bond donors (Lipinski definition) is 2. The molecule has 0 saturated carbocycles. The molecule has 0 aliphatic carbocycles. The van der Waals surface area contributed by atoms with Gasteiger partial charge in [0.25, 0.3) is 5.91 Å². The molecule has 3 rings (SSSR count). The SMILES string of the molecule is NC1=NCC2(CCN(C(=O)c3ccc(OCC(F)(F)F)nc3)CC2)N1. The van der Waals surface area contributed by atoms with E-state index in [9.17, 15) is 18.0 Å². The lowest BCUT2D eigenvalue weighted by atomic mass is 9.88. The Labute approximate surface area is 142 Å². The summed E-state index contributed by atoms with van der Waals surface area (Å²) in [6.45, 7) is 0.273. The highest BCUT2D eigenvalue weighted by Crippen LogP contribution is 2.26. The van der Waals surface area contributed by atoms with Crippen molar-refractivity contribution < 1.29 is 22.7 Å². The quantitative estimate of drug-likeness (QED) is 0.839. The summed E-state index contributed by atoms with van der Waals surface area (Å²) >= 11 is 0. The van der Waals surface area contributed by atoms with E-state index in [1.54, 1.807) is 4.90 Å². The molecule has 136 valence electrons. The van der Waals surface area contributed by atoms with Crippen LogP contribution in [0.3, 0.4) is 0 Å². The van der Waals surface area contributed by atoms with E-state index in [0.717, 1.165) is 12.8 Å². The lowest BCUT2D eigenvalue weighted by Gasteiger charge is -2.39. The number of nitrogens with zero attached hydrogens (tertiary/aromatic N) is 3. The molecule has 2 aliphatic heterocycles. The minimum Gasteiger partial charge on any atom is -0.468 e. The fraction of sp³-hybridized carbons (Fsp3) is 0.533. The van der Waals surface area contributed by atoms with E-state index in [1.807, 2.05) is 0 Å². The van der Waals surface area contributed by atoms with Crippen LogP contribution in [0.1, 0.15) is 23.2 Å². The third-order valence-corrected chi connectivity index (χ3v) is 4.32. The zero-order valence-corrected chi connectivity index (χ0v) is 13.3. The zero-order valence-electron chi connectivity index (χ0n) is 13.3. The van der Waals surface area contributed by atoms with Crippen LogP contribution in [0.4, 0.5) is 13.2 Å². The molecule has 0 radical (unpaired) electrons. The van der Waals surface area contributed by atoms with Crippen LogP contribution in [0.25, 0.3) is 0 Å². The molecule has 0 bridgehead atoms. The molecular weight excluding hydrogens is 339 g/mol. The average molecular weight is 357 g/mol. The number of rotatable bonds is 3. The van der Waals surface area contributed by atoms with Crippen LogP contribution >= 0.6 is 0 Å². The maximum Gasteiger partial charge on any atom is 0.422 e. The molecule has 3 heterocycles. The molecule has 7 nitrogen and oxygen atoms in total. The van der Waals surface area contributed by atoms with Crippen molar-refractivity contribution in [3.05, 3.63) is 23.9 Å². The number of likely N-dealkylation sites (tertiary alicyclic amines) is 1. The van der Waals surface area contributed by atoms with Gasteiger partial charge in [-0.3, -0.25) is 9.79 Å². The molecule has 1 spiro atoms. The Bertz CT molecular complexity index is 667. The number of aliphatic imine (C=N–C) groups is 1. The van der Waals surface area contributed by atoms with Crippen LogP contribution in [-0.2, 0) is 0 Å². The van der Waals surface area contributed by atoms with Crippen molar-refractivity contribution in [2.75, 3.05) is 26.2 Å². The van der Waals surface area contributed by atoms with E-state index in [2.05, 4.69) is 20.0 Å². The summed E-state index contributed by atoms with van der Waals surface area (Å²) in [6, 6.07) is 2.68. The van der Waals surface area contributed by atoms with Crippen LogP contribution in [0.15, 0.2) is 23.3 Å². The molecule has 1 aromatic rings. The summed E-state index contributed by atoms with van der Waals surface area (Å²) in [4.78, 5) is 22.1. The van der Waals surface area contributed by atoms with E-state index in [4.69, 9.17) is 5.73 Å². The van der Waals surface area contributed by atoms with Crippen molar-refractivity contribution >= 4 is 11.9 Å². The van der Waals surface area contributed by atoms with Crippen molar-refractivity contribution in [1.29, 1.82) is 0 Å². The number of nitrogens with one attached hydrogen (secondary N) is 1. The molecule has 10 heteroatoms. The molecule has 1 aromatic heterocycles. The average Bonchev–Trinajstić information content (AvgIpc) is 2.93. The van der Waals surface area contributed by atoms with Gasteiger partial charge < -0.3 is 20.7 Å². The lowest BCUT2D eigenvalue weighted by Crippen LogP contribution is -2.55. The number of nitrogens with two attached hydrogens (primary N) is 1. The maximum atomic E-state index is 12.5. The van der Waals surface area contributed by atoms with Gasteiger partial charge in [0.15, 0.2) is 12.6 Å². The Morgan fingerprint density at radius 1 is 1.36 bits per heavy atom. The van der Waals surface area contributed by atoms with Gasteiger partial charge in [-0.1, -0.05) is 0 Å². The third kappa shape index (κ3) is 4.12. The van der Waals surface area contributed by atoms with Gasteiger partial charge in [-0.2, -0.15) is 13.2 Å². The minimum absolute atomic E-state index is 0.172. The second kappa shape index (κ2) is 6.41. The molecule has 0 aromatic carbocycles. The van der Waals surface area contributed by atoms with E-state index in [1.165, 1.54) is 18.3 Å². The first kappa shape index (κ1) is 17.3. The van der Waals surface area contributed by atoms with Gasteiger partial charge in [0.1, 0.15) is 0 Å². The number of amides is 1.